The van der Waals surface area contributed by atoms with Crippen molar-refractivity contribution in [3.05, 3.63) is 35.4 Å². The van der Waals surface area contributed by atoms with Gasteiger partial charge in [-0.2, -0.15) is 0 Å². The fourth-order valence-electron chi connectivity index (χ4n) is 1.56. The Hall–Kier alpha value is -1.31. The van der Waals surface area contributed by atoms with Gasteiger partial charge in [0.25, 0.3) is 0 Å². The van der Waals surface area contributed by atoms with Crippen LogP contribution in [0.15, 0.2) is 29.3 Å². The number of esters is 1. The SMILES string of the molecule is CCOC(=O)c1ccc(CN=C(N)NC(C)(C)C)cc1.I. The Labute approximate surface area is 143 Å². The lowest BCUT2D eigenvalue weighted by atomic mass is 10.1. The van der Waals surface area contributed by atoms with Gasteiger partial charge in [-0.15, -0.1) is 24.0 Å². The Kier molecular flexibility index (Phi) is 8.31. The second-order valence-electron chi connectivity index (χ2n) is 5.49. The van der Waals surface area contributed by atoms with Crippen LogP contribution >= 0.6 is 24.0 Å². The highest BCUT2D eigenvalue weighted by atomic mass is 127. The molecule has 5 nitrogen and oxygen atoms in total. The van der Waals surface area contributed by atoms with Crippen LogP contribution in [0.2, 0.25) is 0 Å². The minimum atomic E-state index is -0.309. The smallest absolute Gasteiger partial charge is 0.338 e. The number of ether oxygens (including phenoxy) is 1. The van der Waals surface area contributed by atoms with Gasteiger partial charge in [-0.05, 0) is 45.4 Å². The Morgan fingerprint density at radius 2 is 1.86 bits per heavy atom. The summed E-state index contributed by atoms with van der Waals surface area (Å²) < 4.78 is 4.92. The van der Waals surface area contributed by atoms with Crippen LogP contribution in [0.3, 0.4) is 0 Å². The molecule has 3 N–H and O–H groups in total. The Morgan fingerprint density at radius 1 is 1.29 bits per heavy atom. The highest BCUT2D eigenvalue weighted by molar-refractivity contribution is 14.0. The van der Waals surface area contributed by atoms with Crippen LogP contribution in [0, 0.1) is 0 Å². The van der Waals surface area contributed by atoms with Crippen LogP contribution in [-0.4, -0.2) is 24.1 Å². The van der Waals surface area contributed by atoms with Crippen LogP contribution < -0.4 is 11.1 Å². The maximum Gasteiger partial charge on any atom is 0.338 e. The zero-order valence-electron chi connectivity index (χ0n) is 13.0. The van der Waals surface area contributed by atoms with Gasteiger partial charge in [-0.1, -0.05) is 12.1 Å². The number of guanidine groups is 1. The average Bonchev–Trinajstić information content (AvgIpc) is 2.35. The van der Waals surface area contributed by atoms with Gasteiger partial charge in [0, 0.05) is 5.54 Å². The second-order valence-corrected chi connectivity index (χ2v) is 5.49. The largest absolute Gasteiger partial charge is 0.462 e. The van der Waals surface area contributed by atoms with E-state index in [0.29, 0.717) is 24.7 Å². The van der Waals surface area contributed by atoms with Crippen LogP contribution in [0.1, 0.15) is 43.6 Å². The van der Waals surface area contributed by atoms with Crippen LogP contribution in [0.25, 0.3) is 0 Å². The molecule has 0 aliphatic heterocycles. The molecule has 0 aromatic heterocycles. The highest BCUT2D eigenvalue weighted by Crippen LogP contribution is 2.07. The van der Waals surface area contributed by atoms with Crippen molar-refractivity contribution in [1.82, 2.24) is 5.32 Å². The Bertz CT molecular complexity index is 479. The number of rotatable bonds is 4. The molecule has 0 bridgehead atoms. The molecule has 0 spiro atoms. The quantitative estimate of drug-likeness (QED) is 0.350. The van der Waals surface area contributed by atoms with E-state index in [0.717, 1.165) is 5.56 Å². The zero-order chi connectivity index (χ0) is 15.2. The van der Waals surface area contributed by atoms with Gasteiger partial charge in [0.15, 0.2) is 5.96 Å². The number of nitrogens with two attached hydrogens (primary N) is 1. The molecule has 21 heavy (non-hydrogen) atoms. The summed E-state index contributed by atoms with van der Waals surface area (Å²) in [7, 11) is 0. The number of carbonyl (C=O) groups is 1. The van der Waals surface area contributed by atoms with E-state index in [-0.39, 0.29) is 35.5 Å². The van der Waals surface area contributed by atoms with Crippen molar-refractivity contribution < 1.29 is 9.53 Å². The van der Waals surface area contributed by atoms with Crippen molar-refractivity contribution in [2.45, 2.75) is 39.8 Å². The maximum absolute atomic E-state index is 11.5. The fraction of sp³-hybridized carbons (Fsp3) is 0.467. The van der Waals surface area contributed by atoms with Crippen LogP contribution in [-0.2, 0) is 11.3 Å². The molecule has 0 radical (unpaired) electrons. The van der Waals surface area contributed by atoms with Crippen molar-refractivity contribution in [1.29, 1.82) is 0 Å². The lowest BCUT2D eigenvalue weighted by Crippen LogP contribution is -2.44. The van der Waals surface area contributed by atoms with Crippen molar-refractivity contribution in [2.75, 3.05) is 6.61 Å². The van der Waals surface area contributed by atoms with Gasteiger partial charge < -0.3 is 15.8 Å². The van der Waals surface area contributed by atoms with E-state index in [1.54, 1.807) is 19.1 Å². The normalized spacial score (nSPS) is 11.5. The monoisotopic (exact) mass is 405 g/mol. The summed E-state index contributed by atoms with van der Waals surface area (Å²) in [5, 5.41) is 3.09. The van der Waals surface area contributed by atoms with E-state index in [4.69, 9.17) is 10.5 Å². The standard InChI is InChI=1S/C15H23N3O2.HI/c1-5-20-13(19)12-8-6-11(7-9-12)10-17-14(16)18-15(2,3)4;/h6-9H,5,10H2,1-4H3,(H3,16,17,18);1H. The van der Waals surface area contributed by atoms with Gasteiger partial charge in [-0.3, -0.25) is 0 Å². The van der Waals surface area contributed by atoms with Crippen molar-refractivity contribution >= 4 is 35.9 Å². The molecule has 118 valence electrons. The summed E-state index contributed by atoms with van der Waals surface area (Å²) in [6, 6.07) is 7.16. The summed E-state index contributed by atoms with van der Waals surface area (Å²) in [5.74, 6) is 0.100. The predicted molar refractivity (Wildman–Crippen MR) is 96.0 cm³/mol. The van der Waals surface area contributed by atoms with E-state index in [2.05, 4.69) is 10.3 Å². The van der Waals surface area contributed by atoms with Gasteiger partial charge in [0.1, 0.15) is 0 Å². The van der Waals surface area contributed by atoms with E-state index in [1.807, 2.05) is 32.9 Å². The molecule has 0 aliphatic carbocycles. The highest BCUT2D eigenvalue weighted by Gasteiger charge is 2.09. The molecule has 1 aromatic rings. The summed E-state index contributed by atoms with van der Waals surface area (Å²) in [4.78, 5) is 15.8. The lowest BCUT2D eigenvalue weighted by Gasteiger charge is -2.20. The van der Waals surface area contributed by atoms with Crippen LogP contribution in [0.4, 0.5) is 0 Å². The molecule has 6 heteroatoms. The number of nitrogens with zero attached hydrogens (tertiary/aromatic N) is 1. The third kappa shape index (κ3) is 7.89. The maximum atomic E-state index is 11.5. The van der Waals surface area contributed by atoms with Gasteiger partial charge >= 0.3 is 5.97 Å². The molecule has 0 fully saturated rings. The Morgan fingerprint density at radius 3 is 2.33 bits per heavy atom. The molecule has 0 unspecified atom stereocenters. The number of halogens is 1. The minimum Gasteiger partial charge on any atom is -0.462 e. The number of nitrogens with one attached hydrogen (secondary N) is 1. The predicted octanol–water partition coefficient (Wildman–Crippen LogP) is 2.68. The molecule has 0 atom stereocenters. The number of hydrogen-bond acceptors (Lipinski definition) is 3. The van der Waals surface area contributed by atoms with Gasteiger partial charge in [0.2, 0.25) is 0 Å². The average molecular weight is 405 g/mol. The summed E-state index contributed by atoms with van der Waals surface area (Å²) in [5.41, 5.74) is 7.21. The van der Waals surface area contributed by atoms with Gasteiger partial charge in [0.05, 0.1) is 18.7 Å². The molecule has 0 amide bonds. The zero-order valence-corrected chi connectivity index (χ0v) is 15.3. The summed E-state index contributed by atoms with van der Waals surface area (Å²) in [6.07, 6.45) is 0. The number of benzene rings is 1. The topological polar surface area (TPSA) is 76.7 Å². The first-order valence-corrected chi connectivity index (χ1v) is 6.66. The molecule has 1 aromatic carbocycles. The van der Waals surface area contributed by atoms with E-state index < -0.39 is 0 Å². The molecular formula is C15H24IN3O2. The minimum absolute atomic E-state index is 0. The summed E-state index contributed by atoms with van der Waals surface area (Å²) in [6.45, 7) is 8.68. The Balaban J connectivity index is 0.00000400. The van der Waals surface area contributed by atoms with Gasteiger partial charge in [-0.25, -0.2) is 9.79 Å². The second kappa shape index (κ2) is 8.86. The van der Waals surface area contributed by atoms with Crippen molar-refractivity contribution in [3.8, 4) is 0 Å². The number of aliphatic imine (C=N–C) groups is 1. The van der Waals surface area contributed by atoms with Crippen molar-refractivity contribution in [3.63, 3.8) is 0 Å². The lowest BCUT2D eigenvalue weighted by molar-refractivity contribution is 0.0526. The van der Waals surface area contributed by atoms with E-state index >= 15 is 0 Å². The van der Waals surface area contributed by atoms with Crippen molar-refractivity contribution in [2.24, 2.45) is 10.7 Å². The molecule has 0 aliphatic rings. The van der Waals surface area contributed by atoms with E-state index in [1.165, 1.54) is 0 Å². The van der Waals surface area contributed by atoms with E-state index in [9.17, 15) is 4.79 Å². The third-order valence-electron chi connectivity index (χ3n) is 2.40. The number of carbonyl (C=O) groups excluding carboxylic acids is 1. The first-order chi connectivity index (χ1) is 9.31. The first-order valence-electron chi connectivity index (χ1n) is 6.66. The van der Waals surface area contributed by atoms with Crippen LogP contribution in [0.5, 0.6) is 0 Å². The first kappa shape index (κ1) is 19.7. The molecule has 1 rings (SSSR count). The molecule has 0 saturated heterocycles. The fourth-order valence-corrected chi connectivity index (χ4v) is 1.56. The third-order valence-corrected chi connectivity index (χ3v) is 2.40. The molecular weight excluding hydrogens is 381 g/mol. The molecule has 0 saturated carbocycles. The summed E-state index contributed by atoms with van der Waals surface area (Å²) >= 11 is 0. The molecule has 0 heterocycles. The number of hydrogen-bond donors (Lipinski definition) is 2.